The number of aryl methyl sites for hydroxylation is 1. The van der Waals surface area contributed by atoms with Crippen LogP contribution in [0.25, 0.3) is 0 Å². The molecule has 2 aromatic heterocycles. The zero-order valence-electron chi connectivity index (χ0n) is 9.12. The third kappa shape index (κ3) is 2.82. The maximum atomic E-state index is 11.7. The Bertz CT molecular complexity index is 519. The summed E-state index contributed by atoms with van der Waals surface area (Å²) in [6.45, 7) is 2.78. The Morgan fingerprint density at radius 3 is 3.00 bits per heavy atom. The summed E-state index contributed by atoms with van der Waals surface area (Å²) in [6, 6.07) is 0. The predicted molar refractivity (Wildman–Crippen MR) is 61.7 cm³/mol. The molecule has 1 amide bonds. The van der Waals surface area contributed by atoms with Crippen LogP contribution in [0.15, 0.2) is 6.20 Å². The van der Waals surface area contributed by atoms with Crippen molar-refractivity contribution in [3.63, 3.8) is 0 Å². The minimum Gasteiger partial charge on any atom is -0.329 e. The molecule has 0 aliphatic carbocycles. The smallest absolute Gasteiger partial charge is 0.279 e. The third-order valence-electron chi connectivity index (χ3n) is 1.88. The molecule has 0 bridgehead atoms. The molecule has 0 saturated carbocycles. The molecule has 0 fully saturated rings. The van der Waals surface area contributed by atoms with E-state index in [2.05, 4.69) is 25.8 Å². The first-order valence-electron chi connectivity index (χ1n) is 4.90. The summed E-state index contributed by atoms with van der Waals surface area (Å²) in [7, 11) is 0. The van der Waals surface area contributed by atoms with Crippen molar-refractivity contribution in [2.24, 2.45) is 5.73 Å². The topological polar surface area (TPSA) is 112 Å². The number of hydrogen-bond donors (Lipinski definition) is 2. The zero-order chi connectivity index (χ0) is 12.3. The van der Waals surface area contributed by atoms with E-state index in [9.17, 15) is 4.79 Å². The summed E-state index contributed by atoms with van der Waals surface area (Å²) in [4.78, 5) is 11.7. The van der Waals surface area contributed by atoms with Gasteiger partial charge >= 0.3 is 0 Å². The third-order valence-corrected chi connectivity index (χ3v) is 2.63. The van der Waals surface area contributed by atoms with Gasteiger partial charge in [-0.3, -0.25) is 14.8 Å². The van der Waals surface area contributed by atoms with Gasteiger partial charge in [-0.1, -0.05) is 16.6 Å². The Morgan fingerprint density at radius 2 is 2.35 bits per heavy atom. The summed E-state index contributed by atoms with van der Waals surface area (Å²) in [5, 5.41) is 18.9. The van der Waals surface area contributed by atoms with Crippen LogP contribution in [-0.4, -0.2) is 37.6 Å². The van der Waals surface area contributed by atoms with E-state index in [4.69, 9.17) is 5.73 Å². The normalized spacial score (nSPS) is 10.5. The fraction of sp³-hybridized carbons (Fsp3) is 0.375. The molecule has 0 saturated heterocycles. The number of nitrogens with zero attached hydrogens (tertiary/aromatic N) is 5. The van der Waals surface area contributed by atoms with E-state index in [1.165, 1.54) is 22.2 Å². The lowest BCUT2D eigenvalue weighted by Crippen LogP contribution is -2.12. The van der Waals surface area contributed by atoms with E-state index in [0.29, 0.717) is 18.2 Å². The monoisotopic (exact) mass is 253 g/mol. The Hall–Kier alpha value is -1.87. The summed E-state index contributed by atoms with van der Waals surface area (Å²) in [5.41, 5.74) is 5.59. The molecule has 0 aliphatic rings. The number of nitrogens with one attached hydrogen (secondary N) is 1. The van der Waals surface area contributed by atoms with Crippen molar-refractivity contribution in [3.05, 3.63) is 16.9 Å². The average molecular weight is 253 g/mol. The van der Waals surface area contributed by atoms with Crippen LogP contribution in [0, 0.1) is 6.92 Å². The second-order valence-corrected chi connectivity index (χ2v) is 4.42. The molecule has 9 heteroatoms. The number of hydrogen-bond acceptors (Lipinski definition) is 7. The van der Waals surface area contributed by atoms with E-state index in [-0.39, 0.29) is 11.6 Å². The number of amides is 1. The van der Waals surface area contributed by atoms with Crippen molar-refractivity contribution < 1.29 is 4.79 Å². The van der Waals surface area contributed by atoms with Crippen molar-refractivity contribution in [3.8, 4) is 0 Å². The lowest BCUT2D eigenvalue weighted by atomic mass is 10.4. The first-order chi connectivity index (χ1) is 8.19. The van der Waals surface area contributed by atoms with Crippen LogP contribution < -0.4 is 11.1 Å². The van der Waals surface area contributed by atoms with Crippen molar-refractivity contribution in [2.45, 2.75) is 13.5 Å². The summed E-state index contributed by atoms with van der Waals surface area (Å²) >= 11 is 1.30. The fourth-order valence-electron chi connectivity index (χ4n) is 1.15. The predicted octanol–water partition coefficient (Wildman–Crippen LogP) is -0.351. The lowest BCUT2D eigenvalue weighted by Gasteiger charge is -1.95. The van der Waals surface area contributed by atoms with Gasteiger partial charge < -0.3 is 5.73 Å². The highest BCUT2D eigenvalue weighted by Crippen LogP contribution is 2.14. The molecule has 17 heavy (non-hydrogen) atoms. The minimum atomic E-state index is -0.357. The molecule has 0 aliphatic heterocycles. The Morgan fingerprint density at radius 1 is 1.53 bits per heavy atom. The Balaban J connectivity index is 2.03. The first-order valence-corrected chi connectivity index (χ1v) is 5.72. The van der Waals surface area contributed by atoms with Crippen LogP contribution in [0.3, 0.4) is 0 Å². The molecule has 90 valence electrons. The van der Waals surface area contributed by atoms with Crippen molar-refractivity contribution in [1.82, 2.24) is 25.2 Å². The van der Waals surface area contributed by atoms with Gasteiger partial charge in [0.25, 0.3) is 5.91 Å². The number of carbonyl (C=O) groups excluding carboxylic acids is 1. The van der Waals surface area contributed by atoms with E-state index in [0.717, 1.165) is 5.01 Å². The van der Waals surface area contributed by atoms with E-state index >= 15 is 0 Å². The maximum absolute atomic E-state index is 11.7. The summed E-state index contributed by atoms with van der Waals surface area (Å²) < 4.78 is 1.51. The summed E-state index contributed by atoms with van der Waals surface area (Å²) in [6.07, 6.45) is 1.54. The number of nitrogens with two attached hydrogens (primary N) is 1. The molecular weight excluding hydrogens is 242 g/mol. The van der Waals surface area contributed by atoms with E-state index in [1.807, 2.05) is 6.92 Å². The van der Waals surface area contributed by atoms with Crippen molar-refractivity contribution >= 4 is 22.4 Å². The van der Waals surface area contributed by atoms with Crippen LogP contribution >= 0.6 is 11.3 Å². The number of aromatic nitrogens is 5. The highest BCUT2D eigenvalue weighted by atomic mass is 32.1. The molecule has 0 unspecified atom stereocenters. The molecule has 2 aromatic rings. The van der Waals surface area contributed by atoms with Gasteiger partial charge in [0.2, 0.25) is 5.13 Å². The average Bonchev–Trinajstić information content (AvgIpc) is 2.88. The van der Waals surface area contributed by atoms with E-state index < -0.39 is 0 Å². The summed E-state index contributed by atoms with van der Waals surface area (Å²) in [5.74, 6) is -0.357. The SMILES string of the molecule is Cc1nnc(NC(=O)c2cn(CCN)nn2)s1. The minimum absolute atomic E-state index is 0.228. The highest BCUT2D eigenvalue weighted by Gasteiger charge is 2.12. The van der Waals surface area contributed by atoms with Gasteiger partial charge in [0.05, 0.1) is 12.7 Å². The number of carbonyl (C=O) groups is 1. The largest absolute Gasteiger partial charge is 0.329 e. The molecule has 3 N–H and O–H groups in total. The lowest BCUT2D eigenvalue weighted by molar-refractivity contribution is 0.102. The molecule has 2 heterocycles. The molecule has 0 aromatic carbocycles. The standard InChI is InChI=1S/C8H11N7OS/c1-5-11-13-8(17-5)10-7(16)6-4-15(3-2-9)14-12-6/h4H,2-3,9H2,1H3,(H,10,13,16). The number of anilines is 1. The quantitative estimate of drug-likeness (QED) is 0.770. The van der Waals surface area contributed by atoms with Gasteiger partial charge in [-0.25, -0.2) is 0 Å². The maximum Gasteiger partial charge on any atom is 0.279 e. The molecule has 8 nitrogen and oxygen atoms in total. The van der Waals surface area contributed by atoms with Crippen molar-refractivity contribution in [2.75, 3.05) is 11.9 Å². The van der Waals surface area contributed by atoms with Crippen molar-refractivity contribution in [1.29, 1.82) is 0 Å². The molecule has 2 rings (SSSR count). The first kappa shape index (κ1) is 11.6. The second kappa shape index (κ2) is 4.97. The van der Waals surface area contributed by atoms with Crippen LogP contribution in [0.5, 0.6) is 0 Å². The number of rotatable bonds is 4. The molecule has 0 atom stereocenters. The molecule has 0 radical (unpaired) electrons. The van der Waals surface area contributed by atoms with Crippen LogP contribution in [-0.2, 0) is 6.54 Å². The Labute approximate surface area is 101 Å². The second-order valence-electron chi connectivity index (χ2n) is 3.24. The molecule has 0 spiro atoms. The van der Waals surface area contributed by atoms with Gasteiger partial charge in [-0.15, -0.1) is 15.3 Å². The van der Waals surface area contributed by atoms with Crippen LogP contribution in [0.4, 0.5) is 5.13 Å². The van der Waals surface area contributed by atoms with Gasteiger partial charge in [0, 0.05) is 6.54 Å². The van der Waals surface area contributed by atoms with Crippen LogP contribution in [0.2, 0.25) is 0 Å². The van der Waals surface area contributed by atoms with Gasteiger partial charge in [-0.05, 0) is 6.92 Å². The van der Waals surface area contributed by atoms with Gasteiger partial charge in [0.1, 0.15) is 5.01 Å². The highest BCUT2D eigenvalue weighted by molar-refractivity contribution is 7.15. The Kier molecular flexibility index (Phi) is 3.40. The van der Waals surface area contributed by atoms with Crippen LogP contribution in [0.1, 0.15) is 15.5 Å². The zero-order valence-corrected chi connectivity index (χ0v) is 9.94. The molecular formula is C8H11N7OS. The van der Waals surface area contributed by atoms with Gasteiger partial charge in [0.15, 0.2) is 5.69 Å². The fourth-order valence-corrected chi connectivity index (χ4v) is 1.74. The van der Waals surface area contributed by atoms with Gasteiger partial charge in [-0.2, -0.15) is 0 Å². The van der Waals surface area contributed by atoms with E-state index in [1.54, 1.807) is 0 Å².